The van der Waals surface area contributed by atoms with Gasteiger partial charge in [0.25, 0.3) is 0 Å². The summed E-state index contributed by atoms with van der Waals surface area (Å²) >= 11 is 0. The molecule has 0 radical (unpaired) electrons. The van der Waals surface area contributed by atoms with Gasteiger partial charge in [0.2, 0.25) is 0 Å². The van der Waals surface area contributed by atoms with Crippen LogP contribution in [0.1, 0.15) is 39.0 Å². The minimum absolute atomic E-state index is 0.381. The van der Waals surface area contributed by atoms with Crippen LogP contribution in [0, 0.1) is 5.41 Å². The van der Waals surface area contributed by atoms with E-state index in [9.17, 15) is 0 Å². The SMILES string of the molecule is C=NCNOCC1(C)CCCCC1. The molecular weight excluding hydrogens is 164 g/mol. The van der Waals surface area contributed by atoms with Crippen LogP contribution in [-0.4, -0.2) is 20.0 Å². The van der Waals surface area contributed by atoms with Crippen LogP contribution in [0.5, 0.6) is 0 Å². The first-order valence-electron chi connectivity index (χ1n) is 5.04. The topological polar surface area (TPSA) is 33.6 Å². The predicted octanol–water partition coefficient (Wildman–Crippen LogP) is 2.14. The zero-order valence-corrected chi connectivity index (χ0v) is 8.51. The molecule has 0 bridgehead atoms. The van der Waals surface area contributed by atoms with Gasteiger partial charge in [0.05, 0.1) is 6.61 Å². The second-order valence-corrected chi connectivity index (χ2v) is 4.19. The second kappa shape index (κ2) is 5.35. The Morgan fingerprint density at radius 1 is 1.38 bits per heavy atom. The molecule has 0 aliphatic heterocycles. The van der Waals surface area contributed by atoms with Crippen molar-refractivity contribution in [1.82, 2.24) is 5.48 Å². The summed E-state index contributed by atoms with van der Waals surface area (Å²) in [5.41, 5.74) is 3.16. The summed E-state index contributed by atoms with van der Waals surface area (Å²) in [5.74, 6) is 0. The highest BCUT2D eigenvalue weighted by Crippen LogP contribution is 2.35. The molecule has 1 saturated carbocycles. The molecule has 1 N–H and O–H groups in total. The van der Waals surface area contributed by atoms with Gasteiger partial charge in [-0.2, -0.15) is 5.48 Å². The lowest BCUT2D eigenvalue weighted by molar-refractivity contribution is -0.0264. The summed E-state index contributed by atoms with van der Waals surface area (Å²) < 4.78 is 0. The number of hydrogen-bond donors (Lipinski definition) is 1. The molecule has 0 aromatic rings. The molecule has 0 unspecified atom stereocenters. The van der Waals surface area contributed by atoms with Crippen molar-refractivity contribution in [2.45, 2.75) is 39.0 Å². The molecule has 0 aromatic heterocycles. The fourth-order valence-electron chi connectivity index (χ4n) is 1.87. The molecule has 0 heterocycles. The predicted molar refractivity (Wildman–Crippen MR) is 54.7 cm³/mol. The molecule has 0 spiro atoms. The van der Waals surface area contributed by atoms with Gasteiger partial charge in [-0.3, -0.25) is 9.83 Å². The van der Waals surface area contributed by atoms with E-state index in [0.29, 0.717) is 12.1 Å². The Morgan fingerprint density at radius 2 is 2.08 bits per heavy atom. The Balaban J connectivity index is 2.13. The lowest BCUT2D eigenvalue weighted by Crippen LogP contribution is -2.30. The summed E-state index contributed by atoms with van der Waals surface area (Å²) in [6.07, 6.45) is 6.66. The molecule has 13 heavy (non-hydrogen) atoms. The Morgan fingerprint density at radius 3 is 2.69 bits per heavy atom. The molecule has 1 rings (SSSR count). The summed E-state index contributed by atoms with van der Waals surface area (Å²) in [6, 6.07) is 0. The van der Waals surface area contributed by atoms with Crippen molar-refractivity contribution in [2.24, 2.45) is 10.4 Å². The van der Waals surface area contributed by atoms with Crippen LogP contribution in [0.4, 0.5) is 0 Å². The molecule has 0 aromatic carbocycles. The molecular formula is C10H20N2O. The molecule has 0 amide bonds. The standard InChI is InChI=1S/C10H20N2O/c1-10(6-4-3-5-7-10)8-13-12-9-11-2/h12H,2-9H2,1H3. The highest BCUT2D eigenvalue weighted by atomic mass is 16.6. The summed E-state index contributed by atoms with van der Waals surface area (Å²) in [4.78, 5) is 8.99. The van der Waals surface area contributed by atoms with Gasteiger partial charge in [0.15, 0.2) is 0 Å². The van der Waals surface area contributed by atoms with Gasteiger partial charge in [-0.15, -0.1) is 0 Å². The fraction of sp³-hybridized carbons (Fsp3) is 0.900. The maximum atomic E-state index is 5.33. The zero-order valence-electron chi connectivity index (χ0n) is 8.51. The molecule has 1 aliphatic carbocycles. The molecule has 1 aliphatic rings. The van der Waals surface area contributed by atoms with Gasteiger partial charge in [-0.25, -0.2) is 0 Å². The van der Waals surface area contributed by atoms with Crippen LogP contribution >= 0.6 is 0 Å². The van der Waals surface area contributed by atoms with E-state index in [0.717, 1.165) is 6.61 Å². The highest BCUT2D eigenvalue weighted by molar-refractivity contribution is 5.22. The Bertz CT molecular complexity index is 153. The Hall–Kier alpha value is -0.410. The second-order valence-electron chi connectivity index (χ2n) is 4.19. The average molecular weight is 184 g/mol. The highest BCUT2D eigenvalue weighted by Gasteiger charge is 2.26. The van der Waals surface area contributed by atoms with Crippen molar-refractivity contribution in [3.8, 4) is 0 Å². The quantitative estimate of drug-likeness (QED) is 0.403. The number of nitrogens with one attached hydrogen (secondary N) is 1. The van der Waals surface area contributed by atoms with Crippen molar-refractivity contribution >= 4 is 6.72 Å². The van der Waals surface area contributed by atoms with Gasteiger partial charge in [-0.1, -0.05) is 26.2 Å². The van der Waals surface area contributed by atoms with Crippen LogP contribution in [-0.2, 0) is 4.84 Å². The van der Waals surface area contributed by atoms with Gasteiger partial charge in [-0.05, 0) is 25.0 Å². The Labute approximate surface area is 80.5 Å². The number of hydroxylamine groups is 1. The minimum Gasteiger partial charge on any atom is -0.299 e. The van der Waals surface area contributed by atoms with Gasteiger partial charge in [0.1, 0.15) is 6.67 Å². The van der Waals surface area contributed by atoms with Crippen LogP contribution in [0.3, 0.4) is 0 Å². The summed E-state index contributed by atoms with van der Waals surface area (Å²) in [5, 5.41) is 0. The van der Waals surface area contributed by atoms with E-state index < -0.39 is 0 Å². The van der Waals surface area contributed by atoms with E-state index >= 15 is 0 Å². The minimum atomic E-state index is 0.381. The molecule has 0 atom stereocenters. The fourth-order valence-corrected chi connectivity index (χ4v) is 1.87. The van der Waals surface area contributed by atoms with Crippen molar-refractivity contribution in [3.63, 3.8) is 0 Å². The van der Waals surface area contributed by atoms with E-state index in [1.54, 1.807) is 0 Å². The van der Waals surface area contributed by atoms with E-state index in [1.807, 2.05) is 0 Å². The first-order chi connectivity index (χ1) is 6.27. The van der Waals surface area contributed by atoms with Gasteiger partial charge >= 0.3 is 0 Å². The maximum absolute atomic E-state index is 5.33. The molecule has 3 nitrogen and oxygen atoms in total. The lowest BCUT2D eigenvalue weighted by Gasteiger charge is -2.32. The van der Waals surface area contributed by atoms with Crippen molar-refractivity contribution < 1.29 is 4.84 Å². The van der Waals surface area contributed by atoms with Crippen LogP contribution in [0.15, 0.2) is 4.99 Å². The molecule has 1 fully saturated rings. The first-order valence-corrected chi connectivity index (χ1v) is 5.04. The normalized spacial score (nSPS) is 21.3. The third-order valence-electron chi connectivity index (χ3n) is 2.76. The monoisotopic (exact) mass is 184 g/mol. The van der Waals surface area contributed by atoms with E-state index in [-0.39, 0.29) is 0 Å². The van der Waals surface area contributed by atoms with Crippen molar-refractivity contribution in [1.29, 1.82) is 0 Å². The third-order valence-corrected chi connectivity index (χ3v) is 2.76. The van der Waals surface area contributed by atoms with Gasteiger partial charge < -0.3 is 0 Å². The van der Waals surface area contributed by atoms with E-state index in [2.05, 4.69) is 24.1 Å². The number of aliphatic imine (C=N–C) groups is 1. The zero-order chi connectivity index (χ0) is 9.57. The number of nitrogens with zero attached hydrogens (tertiary/aromatic N) is 1. The van der Waals surface area contributed by atoms with E-state index in [1.165, 1.54) is 32.1 Å². The largest absolute Gasteiger partial charge is 0.299 e. The smallest absolute Gasteiger partial charge is 0.111 e. The van der Waals surface area contributed by atoms with E-state index in [4.69, 9.17) is 4.84 Å². The summed E-state index contributed by atoms with van der Waals surface area (Å²) in [6.45, 7) is 6.95. The lowest BCUT2D eigenvalue weighted by atomic mass is 9.76. The molecule has 76 valence electrons. The molecule has 0 saturated heterocycles. The Kier molecular flexibility index (Phi) is 4.39. The van der Waals surface area contributed by atoms with Crippen LogP contribution in [0.25, 0.3) is 0 Å². The number of hydrogen-bond acceptors (Lipinski definition) is 3. The van der Waals surface area contributed by atoms with Gasteiger partial charge in [0, 0.05) is 0 Å². The van der Waals surface area contributed by atoms with Crippen molar-refractivity contribution in [2.75, 3.05) is 13.3 Å². The maximum Gasteiger partial charge on any atom is 0.111 e. The van der Waals surface area contributed by atoms with Crippen LogP contribution in [0.2, 0.25) is 0 Å². The molecule has 3 heteroatoms. The first kappa shape index (κ1) is 10.7. The number of rotatable bonds is 5. The van der Waals surface area contributed by atoms with Crippen molar-refractivity contribution in [3.05, 3.63) is 0 Å². The summed E-state index contributed by atoms with van der Waals surface area (Å²) in [7, 11) is 0. The third kappa shape index (κ3) is 3.87. The van der Waals surface area contributed by atoms with Crippen LogP contribution < -0.4 is 5.48 Å². The average Bonchev–Trinajstić information content (AvgIpc) is 2.14.